The number of ether oxygens (including phenoxy) is 8. The molecule has 4 aliphatic rings. The van der Waals surface area contributed by atoms with E-state index in [1.54, 1.807) is 32.7 Å². The van der Waals surface area contributed by atoms with Gasteiger partial charge in [-0.3, -0.25) is 9.59 Å². The van der Waals surface area contributed by atoms with Gasteiger partial charge in [0.05, 0.1) is 88.5 Å². The number of carbonyl (C=O) groups excluding carboxylic acids is 2. The first-order valence-electron chi connectivity index (χ1n) is 25.6. The number of nitrogens with one attached hydrogen (secondary N) is 2. The predicted octanol–water partition coefficient (Wildman–Crippen LogP) is 8.34. The maximum absolute atomic E-state index is 15.4. The molecule has 0 radical (unpaired) electrons. The largest absolute Gasteiger partial charge is 0.494 e. The number of nitrogens with two attached hydrogens (primary N) is 1. The summed E-state index contributed by atoms with van der Waals surface area (Å²) in [6, 6.07) is 4.99. The molecule has 0 aliphatic carbocycles. The number of hydrogen-bond acceptors (Lipinski definition) is 21. The number of allylic oxidation sites excluding steroid dienone is 2. The van der Waals surface area contributed by atoms with Gasteiger partial charge >= 0.3 is 0 Å². The van der Waals surface area contributed by atoms with Crippen LogP contribution in [0.1, 0.15) is 34.1 Å². The second kappa shape index (κ2) is 29.1. The number of hydrogen-bond donors (Lipinski definition) is 3. The van der Waals surface area contributed by atoms with Gasteiger partial charge in [0.15, 0.2) is 63.7 Å². The van der Waals surface area contributed by atoms with Crippen LogP contribution >= 0.6 is 11.6 Å². The van der Waals surface area contributed by atoms with E-state index in [0.29, 0.717) is 111 Å². The molecule has 4 aliphatic heterocycles. The van der Waals surface area contributed by atoms with Crippen LogP contribution in [0.4, 0.5) is 41.1 Å². The average Bonchev–Trinajstić information content (AvgIpc) is 3.44. The molecular weight excluding hydrogens is 1110 g/mol. The summed E-state index contributed by atoms with van der Waals surface area (Å²) in [5.41, 5.74) is 6.63. The van der Waals surface area contributed by atoms with E-state index in [4.69, 9.17) is 60.2 Å². The zero-order valence-corrected chi connectivity index (χ0v) is 46.2. The van der Waals surface area contributed by atoms with Gasteiger partial charge in [0.1, 0.15) is 11.0 Å². The van der Waals surface area contributed by atoms with Crippen molar-refractivity contribution in [1.82, 2.24) is 29.9 Å². The third-order valence-electron chi connectivity index (χ3n) is 14.1. The fourth-order valence-corrected chi connectivity index (χ4v) is 9.39. The molecular formula is C57H70ClF4N11O10. The van der Waals surface area contributed by atoms with E-state index in [-0.39, 0.29) is 102 Å². The molecule has 0 bridgehead atoms. The molecule has 0 spiro atoms. The van der Waals surface area contributed by atoms with Crippen LogP contribution in [-0.4, -0.2) is 167 Å². The summed E-state index contributed by atoms with van der Waals surface area (Å²) in [5.74, 6) is -2.60. The van der Waals surface area contributed by atoms with Crippen molar-refractivity contribution in [2.45, 2.75) is 64.4 Å². The lowest BCUT2D eigenvalue weighted by Gasteiger charge is -2.39. The molecule has 0 unspecified atom stereocenters. The number of pyridine rings is 2. The maximum Gasteiger partial charge on any atom is 0.244 e. The van der Waals surface area contributed by atoms with Crippen LogP contribution in [0.2, 0.25) is 0 Å². The van der Waals surface area contributed by atoms with Crippen LogP contribution in [0.5, 0.6) is 23.0 Å². The number of benzene rings is 2. The zero-order valence-electron chi connectivity index (χ0n) is 45.4. The van der Waals surface area contributed by atoms with Crippen molar-refractivity contribution in [3.63, 3.8) is 0 Å². The molecule has 2 aromatic carbocycles. The predicted molar refractivity (Wildman–Crippen MR) is 309 cm³/mol. The van der Waals surface area contributed by atoms with Crippen molar-refractivity contribution in [2.75, 3.05) is 116 Å². The highest BCUT2D eigenvalue weighted by molar-refractivity contribution is 6.66. The number of methoxy groups -OCH3 is 6. The molecule has 4 fully saturated rings. The van der Waals surface area contributed by atoms with Gasteiger partial charge in [-0.2, -0.15) is 0 Å². The van der Waals surface area contributed by atoms with Crippen LogP contribution in [0.25, 0.3) is 44.3 Å². The van der Waals surface area contributed by atoms with Crippen molar-refractivity contribution in [1.29, 1.82) is 0 Å². The molecule has 83 heavy (non-hydrogen) atoms. The summed E-state index contributed by atoms with van der Waals surface area (Å²) < 4.78 is 104. The minimum atomic E-state index is -0.895. The lowest BCUT2D eigenvalue weighted by molar-refractivity contribution is -0.116. The van der Waals surface area contributed by atoms with E-state index in [1.165, 1.54) is 40.6 Å². The van der Waals surface area contributed by atoms with Gasteiger partial charge < -0.3 is 64.1 Å². The van der Waals surface area contributed by atoms with Crippen molar-refractivity contribution in [2.24, 2.45) is 11.7 Å². The molecule has 10 rings (SSSR count). The summed E-state index contributed by atoms with van der Waals surface area (Å²) in [4.78, 5) is 53.0. The Morgan fingerprint density at radius 3 is 1.42 bits per heavy atom. The average molecular weight is 1180 g/mol. The molecule has 4 aromatic heterocycles. The SMILES string of the molecule is C.C.C=CC(=O)C[C@H]1CCOC[C@H]1Nc1ncc2cc(-c3c(F)c(OC)cc(OC)c3F)nc(N3CC(OC)C3)c2n1.C=CC(=O)Cl.COc1cc(OC)c(F)c(-c2cc3cnc(N[C@@H]4COCC[C@@H]4N)nc3c(N3CC(OC)C3)n2)c1F. The Balaban J connectivity index is 0.000000242. The van der Waals surface area contributed by atoms with Crippen LogP contribution in [0.15, 0.2) is 62.0 Å². The molecule has 4 saturated heterocycles. The normalized spacial score (nSPS) is 18.5. The van der Waals surface area contributed by atoms with Crippen LogP contribution in [-0.2, 0) is 28.5 Å². The van der Waals surface area contributed by atoms with E-state index in [0.717, 1.165) is 24.6 Å². The Bertz CT molecular complexity index is 3230. The van der Waals surface area contributed by atoms with Crippen LogP contribution in [0.3, 0.4) is 0 Å². The number of nitrogens with zero attached hydrogens (tertiary/aromatic N) is 8. The Morgan fingerprint density at radius 1 is 0.651 bits per heavy atom. The third kappa shape index (κ3) is 14.5. The van der Waals surface area contributed by atoms with Crippen LogP contribution in [0, 0.1) is 29.2 Å². The number of halogens is 5. The van der Waals surface area contributed by atoms with Gasteiger partial charge in [-0.25, -0.2) is 47.5 Å². The number of fused-ring (bicyclic) bond motifs is 2. The van der Waals surface area contributed by atoms with E-state index in [9.17, 15) is 9.59 Å². The summed E-state index contributed by atoms with van der Waals surface area (Å²) in [6.07, 6.45) is 7.36. The fourth-order valence-electron chi connectivity index (χ4n) is 9.39. The summed E-state index contributed by atoms with van der Waals surface area (Å²) in [5, 5.41) is 7.14. The Labute approximate surface area is 483 Å². The van der Waals surface area contributed by atoms with Crippen LogP contribution < -0.4 is 45.1 Å². The highest BCUT2D eigenvalue weighted by atomic mass is 35.5. The van der Waals surface area contributed by atoms with E-state index >= 15 is 17.6 Å². The minimum absolute atomic E-state index is 0. The van der Waals surface area contributed by atoms with Gasteiger partial charge in [0, 0.05) is 101 Å². The molecule has 4 atom stereocenters. The summed E-state index contributed by atoms with van der Waals surface area (Å²) in [6.45, 7) is 10.9. The van der Waals surface area contributed by atoms with E-state index < -0.39 is 28.5 Å². The van der Waals surface area contributed by atoms with Gasteiger partial charge in [-0.1, -0.05) is 28.0 Å². The summed E-state index contributed by atoms with van der Waals surface area (Å²) >= 11 is 4.71. The second-order valence-corrected chi connectivity index (χ2v) is 19.4. The number of aromatic nitrogens is 6. The molecule has 0 saturated carbocycles. The van der Waals surface area contributed by atoms with Crippen molar-refractivity contribution >= 4 is 68.0 Å². The summed E-state index contributed by atoms with van der Waals surface area (Å²) in [7, 11) is 8.45. The fraction of sp³-hybridized carbons (Fsp3) is 0.439. The topological polar surface area (TPSA) is 242 Å². The Hall–Kier alpha value is -7.55. The molecule has 0 amide bonds. The number of carbonyl (C=O) groups is 2. The highest BCUT2D eigenvalue weighted by Gasteiger charge is 2.35. The van der Waals surface area contributed by atoms with E-state index in [2.05, 4.69) is 48.7 Å². The standard InChI is InChI=1S/C28H31F2N5O5.C24H28F2N6O4.C3H3ClO.2CH4/c1-5-17(36)8-15-6-7-40-14-20(15)33-28-31-11-16-9-19(23-24(29)21(38-3)10-22(39-4)25(23)30)32-27(26(16)34-28)35-12-18(13-35)37-2;1-33-13-9-32(10-13)23-22-12(8-28-24(31-22)30-16-11-36-5-4-14(16)27)6-15(29-23)19-20(25)17(34-2)7-18(35-3)21(19)26;1-2-3(4)5;;/h5,9-11,15,18,20H,1,6-8,12-14H2,2-4H3,(H,31,33,34);6-8,13-14,16H,4-5,9-11,27H2,1-3H3,(H,28,30,31);2H,1H2;2*1H4/t15-,20-;14-,16+;;;/m10.../s1. The molecule has 6 aromatic rings. The maximum atomic E-state index is 15.4. The first-order valence-corrected chi connectivity index (χ1v) is 26.0. The molecule has 8 heterocycles. The smallest absolute Gasteiger partial charge is 0.244 e. The van der Waals surface area contributed by atoms with E-state index in [1.807, 2.05) is 9.80 Å². The molecule has 26 heteroatoms. The van der Waals surface area contributed by atoms with Gasteiger partial charge in [-0.15, -0.1) is 0 Å². The van der Waals surface area contributed by atoms with Gasteiger partial charge in [-0.05, 0) is 54.6 Å². The van der Waals surface area contributed by atoms with Crippen molar-refractivity contribution < 1.29 is 65.0 Å². The third-order valence-corrected chi connectivity index (χ3v) is 14.3. The lowest BCUT2D eigenvalue weighted by Crippen LogP contribution is -2.52. The quantitative estimate of drug-likeness (QED) is 0.0416. The van der Waals surface area contributed by atoms with Crippen molar-refractivity contribution in [3.05, 3.63) is 85.2 Å². The Kier molecular flexibility index (Phi) is 22.7. The highest BCUT2D eigenvalue weighted by Crippen LogP contribution is 2.42. The number of rotatable bonds is 18. The monoisotopic (exact) mass is 1180 g/mol. The molecule has 21 nitrogen and oxygen atoms in total. The van der Waals surface area contributed by atoms with Crippen molar-refractivity contribution in [3.8, 4) is 45.5 Å². The lowest BCUT2D eigenvalue weighted by atomic mass is 9.90. The zero-order chi connectivity index (χ0) is 58.1. The molecule has 448 valence electrons. The Morgan fingerprint density at radius 2 is 1.05 bits per heavy atom. The first kappa shape index (κ1) is 64.6. The van der Waals surface area contributed by atoms with Gasteiger partial charge in [0.2, 0.25) is 17.1 Å². The first-order chi connectivity index (χ1) is 39.1. The number of anilines is 4. The minimum Gasteiger partial charge on any atom is -0.494 e. The van der Waals surface area contributed by atoms with Gasteiger partial charge in [0.25, 0.3) is 0 Å². The molecule has 4 N–H and O–H groups in total. The number of ketones is 1. The second-order valence-electron chi connectivity index (χ2n) is 19.1.